The number of halogens is 3. The van der Waals surface area contributed by atoms with Crippen molar-refractivity contribution in [2.45, 2.75) is 69.1 Å². The van der Waals surface area contributed by atoms with Crippen LogP contribution >= 0.6 is 0 Å². The number of phenols is 1. The lowest BCUT2D eigenvalue weighted by molar-refractivity contribution is 0.107. The molecule has 2 aromatic carbocycles. The minimum absolute atomic E-state index is 0.0440. The van der Waals surface area contributed by atoms with E-state index >= 15 is 8.78 Å². The first-order valence-corrected chi connectivity index (χ1v) is 18.3. The van der Waals surface area contributed by atoms with Crippen LogP contribution < -0.4 is 19.1 Å². The number of nitrogens with zero attached hydrogens (tertiary/aromatic N) is 5. The summed E-state index contributed by atoms with van der Waals surface area (Å²) in [4.78, 5) is 15.7. The number of aromatic hydroxyl groups is 1. The summed E-state index contributed by atoms with van der Waals surface area (Å²) < 4.78 is 84.5. The number of aromatic nitrogens is 3. The minimum Gasteiger partial charge on any atom is -0.508 e. The zero-order chi connectivity index (χ0) is 34.1. The van der Waals surface area contributed by atoms with E-state index < -0.39 is 39.1 Å². The second kappa shape index (κ2) is 11.9. The van der Waals surface area contributed by atoms with Crippen LogP contribution in [-0.4, -0.2) is 90.0 Å². The van der Waals surface area contributed by atoms with Crippen LogP contribution in [0.2, 0.25) is 0 Å². The third kappa shape index (κ3) is 5.27. The number of piperidine rings is 1. The van der Waals surface area contributed by atoms with Crippen LogP contribution in [0.1, 0.15) is 51.0 Å². The van der Waals surface area contributed by atoms with Gasteiger partial charge in [0.1, 0.15) is 35.6 Å². The number of phenolic OH excluding ortho intramolecular Hbond substituents is 1. The monoisotopic (exact) mass is 697 g/mol. The lowest BCUT2D eigenvalue weighted by atomic mass is 9.86. The molecule has 0 saturated carbocycles. The minimum atomic E-state index is -4.15. The molecule has 49 heavy (non-hydrogen) atoms. The van der Waals surface area contributed by atoms with Crippen molar-refractivity contribution < 1.29 is 31.4 Å². The summed E-state index contributed by atoms with van der Waals surface area (Å²) in [5, 5.41) is 14.9. The third-order valence-electron chi connectivity index (χ3n) is 10.8. The average Bonchev–Trinajstić information content (AvgIpc) is 3.59. The van der Waals surface area contributed by atoms with Crippen LogP contribution in [-0.2, 0) is 16.6 Å². The van der Waals surface area contributed by atoms with Gasteiger partial charge in [0, 0.05) is 37.8 Å². The van der Waals surface area contributed by atoms with E-state index in [1.807, 2.05) is 0 Å². The Morgan fingerprint density at radius 1 is 1.12 bits per heavy atom. The normalized spacial score (nSPS) is 26.9. The van der Waals surface area contributed by atoms with Crippen LogP contribution in [0.15, 0.2) is 30.5 Å². The quantitative estimate of drug-likeness (QED) is 0.266. The van der Waals surface area contributed by atoms with E-state index in [0.29, 0.717) is 48.7 Å². The van der Waals surface area contributed by atoms with Crippen LogP contribution in [0, 0.1) is 11.6 Å². The molecule has 6 heterocycles. The molecule has 8 rings (SSSR count). The second-order valence-electron chi connectivity index (χ2n) is 13.8. The molecule has 3 N–H and O–H groups in total. The van der Waals surface area contributed by atoms with Crippen LogP contribution in [0.4, 0.5) is 19.0 Å². The van der Waals surface area contributed by atoms with E-state index in [4.69, 9.17) is 4.74 Å². The van der Waals surface area contributed by atoms with Gasteiger partial charge in [-0.05, 0) is 86.1 Å². The molecule has 0 radical (unpaired) electrons. The van der Waals surface area contributed by atoms with Crippen molar-refractivity contribution in [1.29, 1.82) is 0 Å². The number of ether oxygens (including phenoxy) is 1. The number of alkyl halides is 1. The molecule has 11 nitrogen and oxygen atoms in total. The van der Waals surface area contributed by atoms with Crippen molar-refractivity contribution in [3.63, 3.8) is 0 Å². The highest BCUT2D eigenvalue weighted by molar-refractivity contribution is 7.91. The van der Waals surface area contributed by atoms with Gasteiger partial charge in [0.2, 0.25) is 0 Å². The van der Waals surface area contributed by atoms with Crippen molar-refractivity contribution in [2.75, 3.05) is 43.6 Å². The maximum Gasteiger partial charge on any atom is 0.319 e. The number of hydrogen-bond acceptors (Lipinski definition) is 9. The summed E-state index contributed by atoms with van der Waals surface area (Å²) in [6, 6.07) is 5.39. The van der Waals surface area contributed by atoms with Gasteiger partial charge in [-0.1, -0.05) is 13.0 Å². The second-order valence-corrected chi connectivity index (χ2v) is 15.4. The number of fused-ring (bicyclic) bond motifs is 3. The molecule has 4 aliphatic rings. The molecular formula is C34H38F3N7O4S. The molecule has 1 unspecified atom stereocenters. The Morgan fingerprint density at radius 2 is 1.98 bits per heavy atom. The Morgan fingerprint density at radius 3 is 2.78 bits per heavy atom. The van der Waals surface area contributed by atoms with Crippen molar-refractivity contribution >= 4 is 37.7 Å². The van der Waals surface area contributed by atoms with Gasteiger partial charge in [-0.15, -0.1) is 0 Å². The molecule has 1 spiro atoms. The van der Waals surface area contributed by atoms with E-state index in [1.54, 1.807) is 6.92 Å². The highest BCUT2D eigenvalue weighted by Crippen LogP contribution is 2.44. The lowest BCUT2D eigenvalue weighted by Crippen LogP contribution is -2.66. The van der Waals surface area contributed by atoms with Crippen molar-refractivity contribution in [3.8, 4) is 23.0 Å². The fourth-order valence-corrected chi connectivity index (χ4v) is 10.2. The van der Waals surface area contributed by atoms with E-state index in [0.717, 1.165) is 32.4 Å². The third-order valence-corrected chi connectivity index (χ3v) is 12.4. The van der Waals surface area contributed by atoms with Crippen molar-refractivity contribution in [2.24, 2.45) is 0 Å². The zero-order valence-corrected chi connectivity index (χ0v) is 27.9. The first-order valence-electron chi connectivity index (χ1n) is 16.9. The van der Waals surface area contributed by atoms with Gasteiger partial charge in [0.05, 0.1) is 16.5 Å². The van der Waals surface area contributed by atoms with Gasteiger partial charge in [-0.2, -0.15) is 23.1 Å². The smallest absolute Gasteiger partial charge is 0.319 e. The van der Waals surface area contributed by atoms with E-state index in [-0.39, 0.29) is 59.3 Å². The Balaban J connectivity index is 1.34. The fourth-order valence-electron chi connectivity index (χ4n) is 8.62. The largest absolute Gasteiger partial charge is 0.508 e. The molecule has 15 heteroatoms. The van der Waals surface area contributed by atoms with Crippen LogP contribution in [0.5, 0.6) is 11.8 Å². The maximum atomic E-state index is 17.1. The predicted molar refractivity (Wildman–Crippen MR) is 179 cm³/mol. The van der Waals surface area contributed by atoms with Gasteiger partial charge in [0.15, 0.2) is 11.6 Å². The Hall–Kier alpha value is -3.79. The van der Waals surface area contributed by atoms with Crippen molar-refractivity contribution in [1.82, 2.24) is 29.9 Å². The summed E-state index contributed by atoms with van der Waals surface area (Å²) in [6.07, 6.45) is 4.26. The van der Waals surface area contributed by atoms with Gasteiger partial charge in [-0.3, -0.25) is 9.88 Å². The van der Waals surface area contributed by atoms with Crippen LogP contribution in [0.3, 0.4) is 0 Å². The number of nitrogens with one attached hydrogen (secondary N) is 2. The molecule has 4 fully saturated rings. The van der Waals surface area contributed by atoms with E-state index in [9.17, 15) is 17.9 Å². The van der Waals surface area contributed by atoms with Gasteiger partial charge < -0.3 is 15.2 Å². The summed E-state index contributed by atoms with van der Waals surface area (Å²) in [5.74, 6) is -1.62. The Labute approximate surface area is 282 Å². The van der Waals surface area contributed by atoms with Gasteiger partial charge in [-0.25, -0.2) is 17.5 Å². The Kier molecular flexibility index (Phi) is 7.89. The number of aryl methyl sites for hydroxylation is 1. The molecule has 260 valence electrons. The molecule has 0 aliphatic carbocycles. The van der Waals surface area contributed by atoms with Gasteiger partial charge in [0.25, 0.3) is 0 Å². The highest BCUT2D eigenvalue weighted by Gasteiger charge is 2.51. The summed E-state index contributed by atoms with van der Waals surface area (Å²) in [7, 11) is -4.15. The topological polar surface area (TPSA) is 133 Å². The number of hydrogen-bond donors (Lipinski definition) is 3. The number of rotatable bonds is 6. The number of anilines is 1. The number of pyridine rings is 1. The first kappa shape index (κ1) is 32.4. The lowest BCUT2D eigenvalue weighted by Gasteiger charge is -2.49. The SMILES string of the molecule is CCc1c(F)ccc2cc(O)cc(-c3ncc4c(N5C6(CCCNC6)CCNS5(=O)=O)nc(OC[C@@]56CCCN5C[C@H](F)C6)nc4c3F)c12. The van der Waals surface area contributed by atoms with Crippen molar-refractivity contribution in [3.05, 3.63) is 47.7 Å². The molecule has 2 aromatic heterocycles. The summed E-state index contributed by atoms with van der Waals surface area (Å²) in [5.41, 5.74) is -1.40. The highest BCUT2D eigenvalue weighted by atomic mass is 32.2. The predicted octanol–water partition coefficient (Wildman–Crippen LogP) is 4.51. The maximum absolute atomic E-state index is 17.1. The van der Waals surface area contributed by atoms with E-state index in [2.05, 4.69) is 29.9 Å². The number of benzene rings is 2. The summed E-state index contributed by atoms with van der Waals surface area (Å²) >= 11 is 0. The molecule has 3 atom stereocenters. The molecule has 4 aliphatic heterocycles. The molecule has 4 aromatic rings. The zero-order valence-electron chi connectivity index (χ0n) is 27.1. The molecule has 0 amide bonds. The molecule has 0 bridgehead atoms. The Bertz CT molecular complexity index is 2080. The molecular weight excluding hydrogens is 659 g/mol. The molecule has 4 saturated heterocycles. The van der Waals surface area contributed by atoms with Gasteiger partial charge >= 0.3 is 16.2 Å². The average molecular weight is 698 g/mol. The van der Waals surface area contributed by atoms with Crippen LogP contribution in [0.25, 0.3) is 32.9 Å². The standard InChI is InChI=1S/C34H38F3N7O4S/c1-2-23-26(36)6-5-20-13-22(45)14-24(27(20)23)29-28(37)30-25(16-39-29)31(44-33(7-3-10-38-18-33)9-11-40-49(44,46)47)42-32(41-30)48-19-34-8-4-12-43(34)17-21(35)15-34/h5-6,13-14,16,21,38,40,45H,2-4,7-12,15,17-19H2,1H3/t21-,33?,34+/m1/s1. The first-order chi connectivity index (χ1) is 23.5. The fraction of sp³-hybridized carbons (Fsp3) is 0.500. The summed E-state index contributed by atoms with van der Waals surface area (Å²) in [6.45, 7) is 4.20. The van der Waals surface area contributed by atoms with E-state index in [1.165, 1.54) is 34.8 Å².